The van der Waals surface area contributed by atoms with Crippen LogP contribution in [0.2, 0.25) is 0 Å². The van der Waals surface area contributed by atoms with E-state index in [9.17, 15) is 0 Å². The lowest BCUT2D eigenvalue weighted by Crippen LogP contribution is -1.97. The fourth-order valence-electron chi connectivity index (χ4n) is 5.06. The number of H-pyrrole nitrogens is 2. The average molecular weight is 543 g/mol. The molecule has 0 spiro atoms. The molecule has 1 aliphatic heterocycles. The lowest BCUT2D eigenvalue weighted by Gasteiger charge is -2.10. The molecule has 0 atom stereocenters. The molecule has 2 aromatic heterocycles. The average Bonchev–Trinajstić information content (AvgIpc) is 3.48. The van der Waals surface area contributed by atoms with E-state index in [1.165, 1.54) is 0 Å². The third kappa shape index (κ3) is 4.81. The van der Waals surface area contributed by atoms with E-state index in [1.807, 2.05) is 50.8 Å². The maximum absolute atomic E-state index is 5.69. The van der Waals surface area contributed by atoms with Gasteiger partial charge in [0.2, 0.25) is 0 Å². The van der Waals surface area contributed by atoms with Crippen LogP contribution >= 0.6 is 0 Å². The smallest absolute Gasteiger partial charge is 0.133 e. The fraction of sp³-hybridized carbons (Fsp3) is 0.333. The number of aromatic amines is 2. The van der Waals surface area contributed by atoms with Gasteiger partial charge in [0, 0.05) is 47.8 Å². The molecule has 1 aliphatic rings. The first-order valence-electron chi connectivity index (χ1n) is 13.1. The largest absolute Gasteiger partial charge is 0.496 e. The van der Waals surface area contributed by atoms with Crippen molar-refractivity contribution in [3.05, 3.63) is 45.8 Å². The van der Waals surface area contributed by atoms with E-state index in [2.05, 4.69) is 29.9 Å². The molecule has 10 nitrogen and oxygen atoms in total. The second-order valence-electron chi connectivity index (χ2n) is 9.36. The van der Waals surface area contributed by atoms with Gasteiger partial charge >= 0.3 is 0 Å². The van der Waals surface area contributed by atoms with Gasteiger partial charge in [-0.15, -0.1) is 0 Å². The molecule has 208 valence electrons. The van der Waals surface area contributed by atoms with Gasteiger partial charge in [-0.25, -0.2) is 0 Å². The highest BCUT2D eigenvalue weighted by Crippen LogP contribution is 2.39. The summed E-state index contributed by atoms with van der Waals surface area (Å²) in [6.07, 6.45) is 7.35. The van der Waals surface area contributed by atoms with Crippen molar-refractivity contribution < 1.29 is 18.9 Å². The third-order valence-corrected chi connectivity index (χ3v) is 7.14. The number of hydrogen-bond acceptors (Lipinski definition) is 8. The summed E-state index contributed by atoms with van der Waals surface area (Å²) in [6, 6.07) is 3.78. The zero-order valence-electron chi connectivity index (χ0n) is 23.7. The molecule has 0 radical (unpaired) electrons. The number of fused-ring (bicyclic) bond motifs is 2. The Labute approximate surface area is 232 Å². The molecule has 0 unspecified atom stereocenters. The summed E-state index contributed by atoms with van der Waals surface area (Å²) in [7, 11) is 6.60. The first-order valence-corrected chi connectivity index (χ1v) is 13.1. The Morgan fingerprint density at radius 1 is 0.525 bits per heavy atom. The minimum absolute atomic E-state index is 0.509. The fourth-order valence-corrected chi connectivity index (χ4v) is 5.06. The topological polar surface area (TPSA) is 118 Å². The molecule has 2 N–H and O–H groups in total. The molecule has 2 aromatic carbocycles. The minimum atomic E-state index is 0.509. The SMILES string of the molecule is COc1cc(OC)c2c(C)c3[nH]c2c1C=NCCN=Cc1[nH]c2c(c(OC)cc(OC)c2c1C)C=NCCN=C3. The van der Waals surface area contributed by atoms with Crippen LogP contribution in [0.15, 0.2) is 32.1 Å². The van der Waals surface area contributed by atoms with Crippen molar-refractivity contribution in [1.29, 1.82) is 0 Å². The van der Waals surface area contributed by atoms with Gasteiger partial charge in [0.05, 0.1) is 88.2 Å². The quantitative estimate of drug-likeness (QED) is 0.389. The molecular weight excluding hydrogens is 508 g/mol. The summed E-state index contributed by atoms with van der Waals surface area (Å²) < 4.78 is 22.8. The van der Waals surface area contributed by atoms with E-state index in [0.29, 0.717) is 37.7 Å². The van der Waals surface area contributed by atoms with Gasteiger partial charge in [-0.1, -0.05) is 0 Å². The van der Waals surface area contributed by atoms with Crippen LogP contribution in [-0.2, 0) is 0 Å². The van der Waals surface area contributed by atoms with Crippen molar-refractivity contribution in [1.82, 2.24) is 9.97 Å². The molecule has 5 rings (SSSR count). The normalized spacial score (nSPS) is 13.9. The van der Waals surface area contributed by atoms with Crippen molar-refractivity contribution >= 4 is 46.7 Å². The number of aryl methyl sites for hydroxylation is 2. The lowest BCUT2D eigenvalue weighted by molar-refractivity contribution is 0.397. The number of nitrogens with one attached hydrogen (secondary N) is 2. The number of nitrogens with zero attached hydrogens (tertiary/aromatic N) is 4. The Hall–Kier alpha value is -4.60. The summed E-state index contributed by atoms with van der Waals surface area (Å²) in [5, 5.41) is 1.95. The van der Waals surface area contributed by atoms with Crippen molar-refractivity contribution in [3.8, 4) is 23.0 Å². The van der Waals surface area contributed by atoms with E-state index >= 15 is 0 Å². The van der Waals surface area contributed by atoms with Gasteiger partial charge in [-0.05, 0) is 25.0 Å². The zero-order chi connectivity index (χ0) is 28.2. The van der Waals surface area contributed by atoms with E-state index < -0.39 is 0 Å². The Morgan fingerprint density at radius 3 is 1.23 bits per heavy atom. The molecule has 10 heteroatoms. The van der Waals surface area contributed by atoms with Gasteiger partial charge in [-0.2, -0.15) is 0 Å². The molecule has 0 fully saturated rings. The highest BCUT2D eigenvalue weighted by atomic mass is 16.5. The van der Waals surface area contributed by atoms with Crippen LogP contribution in [0.1, 0.15) is 33.6 Å². The standard InChI is InChI=1S/C30H34N6O4/c1-17-21-15-33-9-7-32-14-20-24(38-4)12-26(40-6)28-18(2)22(36-30(20)28)16-34-10-8-31-13-19-23(37-3)11-25(39-5)27(17)29(19)35-21/h11-16,35-36H,7-10H2,1-6H3. The first kappa shape index (κ1) is 27.0. The Kier molecular flexibility index (Phi) is 7.86. The molecule has 3 heterocycles. The Balaban J connectivity index is 1.60. The molecule has 0 saturated heterocycles. The molecule has 4 bridgehead atoms. The number of hydrogen-bond donors (Lipinski definition) is 2. The van der Waals surface area contributed by atoms with Gasteiger partial charge in [0.15, 0.2) is 0 Å². The number of aromatic nitrogens is 2. The van der Waals surface area contributed by atoms with Crippen molar-refractivity contribution in [2.24, 2.45) is 20.0 Å². The molecule has 0 saturated carbocycles. The molecule has 0 aliphatic carbocycles. The minimum Gasteiger partial charge on any atom is -0.496 e. The summed E-state index contributed by atoms with van der Waals surface area (Å²) in [6.45, 7) is 6.15. The first-order chi connectivity index (χ1) is 19.5. The van der Waals surface area contributed by atoms with E-state index in [0.717, 1.165) is 66.9 Å². The van der Waals surface area contributed by atoms with Gasteiger partial charge < -0.3 is 28.9 Å². The van der Waals surface area contributed by atoms with Gasteiger partial charge in [0.1, 0.15) is 23.0 Å². The van der Waals surface area contributed by atoms with Crippen LogP contribution in [0.25, 0.3) is 21.8 Å². The van der Waals surface area contributed by atoms with E-state index in [1.54, 1.807) is 28.4 Å². The molecular formula is C30H34N6O4. The predicted octanol–water partition coefficient (Wildman–Crippen LogP) is 4.69. The number of methoxy groups -OCH3 is 4. The summed E-state index contributed by atoms with van der Waals surface area (Å²) in [4.78, 5) is 25.6. The van der Waals surface area contributed by atoms with Crippen LogP contribution in [0, 0.1) is 13.8 Å². The van der Waals surface area contributed by atoms with E-state index in [4.69, 9.17) is 18.9 Å². The zero-order valence-corrected chi connectivity index (χ0v) is 23.7. The second kappa shape index (κ2) is 11.6. The summed E-state index contributed by atoms with van der Waals surface area (Å²) >= 11 is 0. The third-order valence-electron chi connectivity index (χ3n) is 7.14. The summed E-state index contributed by atoms with van der Waals surface area (Å²) in [5.74, 6) is 2.80. The van der Waals surface area contributed by atoms with Crippen molar-refractivity contribution in [3.63, 3.8) is 0 Å². The van der Waals surface area contributed by atoms with Crippen LogP contribution in [0.4, 0.5) is 0 Å². The van der Waals surface area contributed by atoms with Crippen LogP contribution in [0.3, 0.4) is 0 Å². The number of ether oxygens (including phenoxy) is 4. The molecule has 4 aromatic rings. The van der Waals surface area contributed by atoms with Crippen molar-refractivity contribution in [2.45, 2.75) is 13.8 Å². The second-order valence-corrected chi connectivity index (χ2v) is 9.36. The van der Waals surface area contributed by atoms with Gasteiger partial charge in [-0.3, -0.25) is 20.0 Å². The highest BCUT2D eigenvalue weighted by molar-refractivity contribution is 6.08. The maximum atomic E-state index is 5.69. The van der Waals surface area contributed by atoms with Crippen molar-refractivity contribution in [2.75, 3.05) is 54.6 Å². The predicted molar refractivity (Wildman–Crippen MR) is 162 cm³/mol. The van der Waals surface area contributed by atoms with Crippen LogP contribution in [0.5, 0.6) is 23.0 Å². The van der Waals surface area contributed by atoms with Crippen LogP contribution < -0.4 is 18.9 Å². The Morgan fingerprint density at radius 2 is 0.875 bits per heavy atom. The summed E-state index contributed by atoms with van der Waals surface area (Å²) in [5.41, 5.74) is 7.34. The van der Waals surface area contributed by atoms with Crippen LogP contribution in [-0.4, -0.2) is 89.4 Å². The molecule has 40 heavy (non-hydrogen) atoms. The number of rotatable bonds is 4. The number of aliphatic imine (C=N–C) groups is 4. The monoisotopic (exact) mass is 542 g/mol. The van der Waals surface area contributed by atoms with E-state index in [-0.39, 0.29) is 0 Å². The maximum Gasteiger partial charge on any atom is 0.133 e. The molecule has 0 amide bonds. The Bertz CT molecular complexity index is 1550. The highest BCUT2D eigenvalue weighted by Gasteiger charge is 2.20. The lowest BCUT2D eigenvalue weighted by atomic mass is 10.1. The number of benzene rings is 2. The van der Waals surface area contributed by atoms with Gasteiger partial charge in [0.25, 0.3) is 0 Å².